The van der Waals surface area contributed by atoms with Crippen molar-refractivity contribution in [3.8, 4) is 0 Å². The van der Waals surface area contributed by atoms with Gasteiger partial charge in [0.05, 0.1) is 18.9 Å². The zero-order valence-corrected chi connectivity index (χ0v) is 23.8. The number of carbonyl (C=O) groups is 2. The summed E-state index contributed by atoms with van der Waals surface area (Å²) in [6.45, 7) is 7.65. The quantitative estimate of drug-likeness (QED) is 0.537. The molecule has 9 nitrogen and oxygen atoms in total. The molecule has 1 aromatic rings. The molecule has 0 unspecified atom stereocenters. The number of epoxide rings is 1. The minimum Gasteiger partial charge on any atom is -0.448 e. The first kappa shape index (κ1) is 26.5. The lowest BCUT2D eigenvalue weighted by molar-refractivity contribution is -0.129. The molecule has 4 saturated carbocycles. The standard InChI is InChI=1S/C31H43N3O6/c1-29-9-7-21(33-28(37)38-14-13-34-12-11-32-26(35)17-34)15-20(29)4-5-23-22(29)8-10-30(2)24(16-25-31(23,30)40-25)19-3-6-27(36)39-18-19/h3,6,18,20-25H,4-5,7-17H2,1-2H3,(H,32,35)(H,33,37)/t20-,21+,22+,23-,24-,25-,29+,30-,31-/m1/s1. The van der Waals surface area contributed by atoms with E-state index in [-0.39, 0.29) is 40.1 Å². The lowest BCUT2D eigenvalue weighted by Gasteiger charge is -2.61. The van der Waals surface area contributed by atoms with Crippen molar-refractivity contribution in [3.63, 3.8) is 0 Å². The van der Waals surface area contributed by atoms with E-state index in [1.165, 1.54) is 19.3 Å². The minimum atomic E-state index is -0.334. The highest BCUT2D eigenvalue weighted by Gasteiger charge is 2.80. The summed E-state index contributed by atoms with van der Waals surface area (Å²) in [6.07, 6.45) is 10.5. The highest BCUT2D eigenvalue weighted by molar-refractivity contribution is 5.78. The number of nitrogens with zero attached hydrogens (tertiary/aromatic N) is 1. The SMILES string of the molecule is C[C@]12CC[C@H](NC(=O)OCCN3CCNC(=O)C3)C[C@H]1CC[C@@H]1[C@@H]2CC[C@]2(C)[C@@H](c3ccc(=O)oc3)C[C@H]3O[C@]132. The van der Waals surface area contributed by atoms with Crippen LogP contribution in [0.4, 0.5) is 4.79 Å². The van der Waals surface area contributed by atoms with Crippen LogP contribution in [0.15, 0.2) is 27.6 Å². The van der Waals surface area contributed by atoms with Crippen LogP contribution >= 0.6 is 0 Å². The average Bonchev–Trinajstić information content (AvgIpc) is 3.59. The number of hydrogen-bond donors (Lipinski definition) is 2. The Morgan fingerprint density at radius 1 is 1.12 bits per heavy atom. The van der Waals surface area contributed by atoms with Gasteiger partial charge in [0.1, 0.15) is 12.2 Å². The smallest absolute Gasteiger partial charge is 0.407 e. The second-order valence-electron chi connectivity index (χ2n) is 13.9. The number of alkyl carbamates (subject to hydrolysis) is 1. The number of ether oxygens (including phenoxy) is 2. The molecule has 1 aromatic heterocycles. The summed E-state index contributed by atoms with van der Waals surface area (Å²) in [7, 11) is 0. The number of piperazine rings is 1. The fourth-order valence-corrected chi connectivity index (χ4v) is 10.2. The summed E-state index contributed by atoms with van der Waals surface area (Å²) in [5, 5.41) is 5.97. The van der Waals surface area contributed by atoms with Gasteiger partial charge in [-0.15, -0.1) is 0 Å². The summed E-state index contributed by atoms with van der Waals surface area (Å²) in [5.41, 5.74) is 1.16. The molecule has 0 bridgehead atoms. The Kier molecular flexibility index (Phi) is 6.35. The van der Waals surface area contributed by atoms with Gasteiger partial charge in [0.2, 0.25) is 5.91 Å². The fourth-order valence-electron chi connectivity index (χ4n) is 10.2. The van der Waals surface area contributed by atoms with Gasteiger partial charge in [-0.2, -0.15) is 0 Å². The first-order valence-electron chi connectivity index (χ1n) is 15.4. The maximum absolute atomic E-state index is 12.6. The van der Waals surface area contributed by atoms with Crippen molar-refractivity contribution < 1.29 is 23.5 Å². The molecule has 9 heteroatoms. The van der Waals surface area contributed by atoms with Gasteiger partial charge in [0, 0.05) is 37.2 Å². The van der Waals surface area contributed by atoms with Crippen LogP contribution in [0, 0.1) is 28.6 Å². The lowest BCUT2D eigenvalue weighted by Crippen LogP contribution is -2.59. The number of nitrogens with one attached hydrogen (secondary N) is 2. The first-order valence-corrected chi connectivity index (χ1v) is 15.4. The Hall–Kier alpha value is -2.39. The summed E-state index contributed by atoms with van der Waals surface area (Å²) >= 11 is 0. The molecule has 2 N–H and O–H groups in total. The number of rotatable bonds is 5. The predicted octanol–water partition coefficient (Wildman–Crippen LogP) is 3.42. The first-order chi connectivity index (χ1) is 19.2. The number of amides is 2. The normalized spacial score (nSPS) is 43.9. The van der Waals surface area contributed by atoms with Gasteiger partial charge in [-0.05, 0) is 92.1 Å². The molecule has 6 aliphatic rings. The van der Waals surface area contributed by atoms with Crippen LogP contribution in [-0.2, 0) is 14.3 Å². The molecule has 6 fully saturated rings. The lowest BCUT2D eigenvalue weighted by atomic mass is 9.44. The maximum Gasteiger partial charge on any atom is 0.407 e. The van der Waals surface area contributed by atoms with Crippen LogP contribution in [0.1, 0.15) is 76.7 Å². The largest absolute Gasteiger partial charge is 0.448 e. The Bertz CT molecular complexity index is 1220. The molecule has 2 aliphatic heterocycles. The zero-order valence-electron chi connectivity index (χ0n) is 23.8. The van der Waals surface area contributed by atoms with E-state index < -0.39 is 0 Å². The van der Waals surface area contributed by atoms with Crippen molar-refractivity contribution in [2.24, 2.45) is 28.6 Å². The van der Waals surface area contributed by atoms with Crippen molar-refractivity contribution in [3.05, 3.63) is 34.4 Å². The van der Waals surface area contributed by atoms with E-state index in [1.807, 2.05) is 11.0 Å². The van der Waals surface area contributed by atoms with Crippen molar-refractivity contribution in [1.82, 2.24) is 15.5 Å². The van der Waals surface area contributed by atoms with Crippen LogP contribution in [-0.4, -0.2) is 67.4 Å². The van der Waals surface area contributed by atoms with Gasteiger partial charge < -0.3 is 24.5 Å². The summed E-state index contributed by atoms with van der Waals surface area (Å²) < 4.78 is 17.5. The van der Waals surface area contributed by atoms with Gasteiger partial charge in [0.25, 0.3) is 0 Å². The topological polar surface area (TPSA) is 113 Å². The Balaban J connectivity index is 0.973. The van der Waals surface area contributed by atoms with Crippen LogP contribution < -0.4 is 16.3 Å². The second kappa shape index (κ2) is 9.58. The molecule has 9 atom stereocenters. The molecule has 4 aliphatic carbocycles. The maximum atomic E-state index is 12.6. The summed E-state index contributed by atoms with van der Waals surface area (Å²) in [5.74, 6) is 2.22. The van der Waals surface area contributed by atoms with E-state index >= 15 is 0 Å². The van der Waals surface area contributed by atoms with Crippen LogP contribution in [0.3, 0.4) is 0 Å². The molecule has 218 valence electrons. The molecule has 2 amide bonds. The summed E-state index contributed by atoms with van der Waals surface area (Å²) in [6, 6.07) is 3.68. The van der Waals surface area contributed by atoms with Gasteiger partial charge in [-0.1, -0.05) is 13.8 Å². The van der Waals surface area contributed by atoms with Crippen LogP contribution in [0.2, 0.25) is 0 Å². The molecule has 3 heterocycles. The van der Waals surface area contributed by atoms with E-state index in [9.17, 15) is 14.4 Å². The van der Waals surface area contributed by atoms with E-state index in [4.69, 9.17) is 13.9 Å². The highest BCUT2D eigenvalue weighted by atomic mass is 16.6. The van der Waals surface area contributed by atoms with Gasteiger partial charge in [-0.3, -0.25) is 9.69 Å². The van der Waals surface area contributed by atoms with Crippen molar-refractivity contribution in [2.75, 3.05) is 32.8 Å². The summed E-state index contributed by atoms with van der Waals surface area (Å²) in [4.78, 5) is 37.7. The van der Waals surface area contributed by atoms with Gasteiger partial charge in [0.15, 0.2) is 0 Å². The molecule has 0 radical (unpaired) electrons. The second-order valence-corrected chi connectivity index (χ2v) is 13.9. The van der Waals surface area contributed by atoms with Crippen molar-refractivity contribution in [2.45, 2.75) is 88.9 Å². The van der Waals surface area contributed by atoms with Crippen molar-refractivity contribution >= 4 is 12.0 Å². The highest BCUT2D eigenvalue weighted by Crippen LogP contribution is 2.77. The van der Waals surface area contributed by atoms with E-state index in [0.717, 1.165) is 44.2 Å². The van der Waals surface area contributed by atoms with E-state index in [1.54, 1.807) is 12.3 Å². The molecule has 7 rings (SSSR count). The number of hydrogen-bond acceptors (Lipinski definition) is 7. The number of fused-ring (bicyclic) bond motifs is 3. The van der Waals surface area contributed by atoms with Gasteiger partial charge in [-0.25, -0.2) is 9.59 Å². The third-order valence-corrected chi connectivity index (χ3v) is 12.3. The van der Waals surface area contributed by atoms with Crippen LogP contribution in [0.25, 0.3) is 0 Å². The monoisotopic (exact) mass is 553 g/mol. The molecular formula is C31H43N3O6. The Morgan fingerprint density at radius 3 is 2.80 bits per heavy atom. The third kappa shape index (κ3) is 4.05. The molecular weight excluding hydrogens is 510 g/mol. The van der Waals surface area contributed by atoms with Gasteiger partial charge >= 0.3 is 11.7 Å². The number of carbonyl (C=O) groups excluding carboxylic acids is 2. The van der Waals surface area contributed by atoms with E-state index in [0.29, 0.717) is 56.0 Å². The molecule has 0 aromatic carbocycles. The average molecular weight is 554 g/mol. The zero-order chi connectivity index (χ0) is 27.7. The third-order valence-electron chi connectivity index (χ3n) is 12.3. The van der Waals surface area contributed by atoms with Crippen LogP contribution in [0.5, 0.6) is 0 Å². The Morgan fingerprint density at radius 2 is 2.00 bits per heavy atom. The molecule has 40 heavy (non-hydrogen) atoms. The fraction of sp³-hybridized carbons (Fsp3) is 0.774. The molecule has 2 saturated heterocycles. The molecule has 1 spiro atoms. The predicted molar refractivity (Wildman–Crippen MR) is 147 cm³/mol. The van der Waals surface area contributed by atoms with E-state index in [2.05, 4.69) is 24.5 Å². The van der Waals surface area contributed by atoms with Crippen molar-refractivity contribution in [1.29, 1.82) is 0 Å². The Labute approximate surface area is 235 Å². The minimum absolute atomic E-state index is 0.0282.